The molecule has 0 saturated carbocycles. The predicted octanol–water partition coefficient (Wildman–Crippen LogP) is 4.43. The Morgan fingerprint density at radius 3 is 2.67 bits per heavy atom. The summed E-state index contributed by atoms with van der Waals surface area (Å²) >= 11 is 2.61. The summed E-state index contributed by atoms with van der Waals surface area (Å²) in [6.45, 7) is 1.74. The van der Waals surface area contributed by atoms with Gasteiger partial charge in [0.25, 0.3) is 5.91 Å². The van der Waals surface area contributed by atoms with Crippen LogP contribution in [0.25, 0.3) is 22.0 Å². The lowest BCUT2D eigenvalue weighted by Gasteiger charge is -2.10. The van der Waals surface area contributed by atoms with E-state index in [9.17, 15) is 9.59 Å². The zero-order chi connectivity index (χ0) is 23.4. The van der Waals surface area contributed by atoms with E-state index in [1.807, 2.05) is 12.1 Å². The summed E-state index contributed by atoms with van der Waals surface area (Å²) in [6.07, 6.45) is 0. The second-order valence-corrected chi connectivity index (χ2v) is 8.46. The molecule has 4 aromatic rings. The number of methoxy groups -OCH3 is 2. The molecule has 2 amide bonds. The third kappa shape index (κ3) is 5.04. The van der Waals surface area contributed by atoms with Crippen molar-refractivity contribution in [3.8, 4) is 33.5 Å². The maximum Gasteiger partial charge on any atom is 0.276 e. The zero-order valence-electron chi connectivity index (χ0n) is 18.0. The summed E-state index contributed by atoms with van der Waals surface area (Å²) in [5, 5.41) is 9.96. The molecule has 1 aromatic carbocycles. The van der Waals surface area contributed by atoms with Crippen LogP contribution >= 0.6 is 22.7 Å². The number of rotatable bonds is 8. The van der Waals surface area contributed by atoms with E-state index in [0.29, 0.717) is 45.4 Å². The minimum Gasteiger partial charge on any atom is -0.493 e. The summed E-state index contributed by atoms with van der Waals surface area (Å²) < 4.78 is 16.5. The Morgan fingerprint density at radius 1 is 1.06 bits per heavy atom. The molecule has 11 heteroatoms. The number of carbonyl (C=O) groups is 2. The molecule has 0 aliphatic rings. The average Bonchev–Trinajstić information content (AvgIpc) is 3.57. The Balaban J connectivity index is 1.46. The minimum absolute atomic E-state index is 0.137. The number of amides is 2. The van der Waals surface area contributed by atoms with Crippen LogP contribution in [0.2, 0.25) is 0 Å². The maximum atomic E-state index is 12.7. The van der Waals surface area contributed by atoms with Crippen molar-refractivity contribution < 1.29 is 23.5 Å². The third-order valence-electron chi connectivity index (χ3n) is 4.52. The molecule has 170 valence electrons. The van der Waals surface area contributed by atoms with Gasteiger partial charge in [-0.1, -0.05) is 6.07 Å². The second kappa shape index (κ2) is 9.84. The van der Waals surface area contributed by atoms with E-state index in [0.717, 1.165) is 5.56 Å². The van der Waals surface area contributed by atoms with E-state index in [1.54, 1.807) is 43.2 Å². The molecule has 3 heterocycles. The first-order valence-corrected chi connectivity index (χ1v) is 11.5. The van der Waals surface area contributed by atoms with Gasteiger partial charge in [0.15, 0.2) is 22.4 Å². The van der Waals surface area contributed by atoms with Crippen molar-refractivity contribution in [1.82, 2.24) is 15.3 Å². The molecule has 9 nitrogen and oxygen atoms in total. The van der Waals surface area contributed by atoms with Crippen LogP contribution in [0.4, 0.5) is 5.13 Å². The molecule has 0 radical (unpaired) electrons. The van der Waals surface area contributed by atoms with Gasteiger partial charge in [0.1, 0.15) is 22.2 Å². The molecule has 0 unspecified atom stereocenters. The molecular formula is C22H20N4O5S2. The molecule has 3 aromatic heterocycles. The first kappa shape index (κ1) is 22.5. The summed E-state index contributed by atoms with van der Waals surface area (Å²) in [5.41, 5.74) is 1.60. The monoisotopic (exact) mass is 484 g/mol. The normalized spacial score (nSPS) is 10.6. The molecule has 0 saturated heterocycles. The van der Waals surface area contributed by atoms with Gasteiger partial charge in [-0.15, -0.1) is 22.7 Å². The largest absolute Gasteiger partial charge is 0.493 e. The number of thiazole rings is 2. The summed E-state index contributed by atoms with van der Waals surface area (Å²) in [5.74, 6) is 1.80. The lowest BCUT2D eigenvalue weighted by Crippen LogP contribution is -2.18. The smallest absolute Gasteiger partial charge is 0.276 e. The predicted molar refractivity (Wildman–Crippen MR) is 126 cm³/mol. The van der Waals surface area contributed by atoms with E-state index in [4.69, 9.17) is 13.9 Å². The molecule has 0 fully saturated rings. The Morgan fingerprint density at radius 2 is 1.91 bits per heavy atom. The number of aromatic nitrogens is 2. The topological polar surface area (TPSA) is 116 Å². The van der Waals surface area contributed by atoms with Crippen molar-refractivity contribution in [2.24, 2.45) is 0 Å². The number of benzene rings is 1. The van der Waals surface area contributed by atoms with E-state index in [-0.39, 0.29) is 17.5 Å². The van der Waals surface area contributed by atoms with Crippen LogP contribution in [0.1, 0.15) is 23.2 Å². The standard InChI is InChI=1S/C22H20N4O5S2/c1-12(27)23-9-13-7-8-17(31-13)15-10-33-22(25-15)26-20(28)16-11-32-21(24-16)14-5-4-6-18(29-2)19(14)30-3/h4-8,10-11H,9H2,1-3H3,(H,23,27)(H,25,26,28). The Bertz CT molecular complexity index is 1290. The van der Waals surface area contributed by atoms with E-state index in [2.05, 4.69) is 20.6 Å². The second-order valence-electron chi connectivity index (χ2n) is 6.75. The number of para-hydroxylation sites is 1. The van der Waals surface area contributed by atoms with Crippen molar-refractivity contribution >= 4 is 39.6 Å². The average molecular weight is 485 g/mol. The van der Waals surface area contributed by atoms with Crippen LogP contribution in [0.5, 0.6) is 11.5 Å². The summed E-state index contributed by atoms with van der Waals surface area (Å²) in [4.78, 5) is 32.6. The first-order valence-electron chi connectivity index (χ1n) is 9.75. The van der Waals surface area contributed by atoms with Gasteiger partial charge in [0, 0.05) is 17.7 Å². The molecule has 2 N–H and O–H groups in total. The third-order valence-corrected chi connectivity index (χ3v) is 6.15. The molecule has 0 spiro atoms. The van der Waals surface area contributed by atoms with Crippen molar-refractivity contribution in [3.63, 3.8) is 0 Å². The molecular weight excluding hydrogens is 464 g/mol. The highest BCUT2D eigenvalue weighted by Crippen LogP contribution is 2.39. The number of nitrogens with zero attached hydrogens (tertiary/aromatic N) is 2. The molecule has 0 bridgehead atoms. The number of ether oxygens (including phenoxy) is 2. The fourth-order valence-corrected chi connectivity index (χ4v) is 4.50. The number of hydrogen-bond donors (Lipinski definition) is 2. The maximum absolute atomic E-state index is 12.7. The molecule has 0 aliphatic carbocycles. The van der Waals surface area contributed by atoms with Gasteiger partial charge in [-0.2, -0.15) is 0 Å². The fourth-order valence-electron chi connectivity index (χ4n) is 2.98. The number of furan rings is 1. The van der Waals surface area contributed by atoms with Crippen molar-refractivity contribution in [3.05, 3.63) is 52.5 Å². The Labute approximate surface area is 197 Å². The van der Waals surface area contributed by atoms with Crippen molar-refractivity contribution in [2.45, 2.75) is 13.5 Å². The van der Waals surface area contributed by atoms with E-state index >= 15 is 0 Å². The van der Waals surface area contributed by atoms with Gasteiger partial charge in [-0.3, -0.25) is 14.9 Å². The number of anilines is 1. The Kier molecular flexibility index (Phi) is 6.71. The fraction of sp³-hybridized carbons (Fsp3) is 0.182. The number of nitrogens with one attached hydrogen (secondary N) is 2. The zero-order valence-corrected chi connectivity index (χ0v) is 19.6. The number of hydrogen-bond acceptors (Lipinski definition) is 9. The van der Waals surface area contributed by atoms with Crippen LogP contribution in [0, 0.1) is 0 Å². The Hall–Kier alpha value is -3.70. The minimum atomic E-state index is -0.369. The SMILES string of the molecule is COc1cccc(-c2nc(C(=O)Nc3nc(-c4ccc(CNC(C)=O)o4)cs3)cs2)c1OC. The highest BCUT2D eigenvalue weighted by molar-refractivity contribution is 7.14. The number of carbonyl (C=O) groups excluding carboxylic acids is 2. The molecule has 4 rings (SSSR count). The molecule has 33 heavy (non-hydrogen) atoms. The highest BCUT2D eigenvalue weighted by atomic mass is 32.1. The lowest BCUT2D eigenvalue weighted by molar-refractivity contribution is -0.119. The van der Waals surface area contributed by atoms with Gasteiger partial charge in [-0.05, 0) is 24.3 Å². The van der Waals surface area contributed by atoms with Gasteiger partial charge in [-0.25, -0.2) is 9.97 Å². The van der Waals surface area contributed by atoms with E-state index < -0.39 is 0 Å². The van der Waals surface area contributed by atoms with Gasteiger partial charge < -0.3 is 19.2 Å². The van der Waals surface area contributed by atoms with Gasteiger partial charge >= 0.3 is 0 Å². The van der Waals surface area contributed by atoms with Crippen molar-refractivity contribution in [1.29, 1.82) is 0 Å². The summed E-state index contributed by atoms with van der Waals surface area (Å²) in [7, 11) is 3.13. The highest BCUT2D eigenvalue weighted by Gasteiger charge is 2.18. The summed E-state index contributed by atoms with van der Waals surface area (Å²) in [6, 6.07) is 9.04. The lowest BCUT2D eigenvalue weighted by atomic mass is 10.2. The van der Waals surface area contributed by atoms with Crippen LogP contribution in [-0.2, 0) is 11.3 Å². The van der Waals surface area contributed by atoms with Crippen LogP contribution in [0.15, 0.2) is 45.5 Å². The van der Waals surface area contributed by atoms with Crippen LogP contribution < -0.4 is 20.1 Å². The first-order chi connectivity index (χ1) is 16.0. The van der Waals surface area contributed by atoms with Crippen molar-refractivity contribution in [2.75, 3.05) is 19.5 Å². The van der Waals surface area contributed by atoms with E-state index in [1.165, 1.54) is 29.6 Å². The molecule has 0 aliphatic heterocycles. The van der Waals surface area contributed by atoms with Gasteiger partial charge in [0.2, 0.25) is 5.91 Å². The van der Waals surface area contributed by atoms with Crippen LogP contribution in [-0.4, -0.2) is 36.0 Å². The molecule has 0 atom stereocenters. The van der Waals surface area contributed by atoms with Crippen LogP contribution in [0.3, 0.4) is 0 Å². The quantitative estimate of drug-likeness (QED) is 0.380. The van der Waals surface area contributed by atoms with Gasteiger partial charge in [0.05, 0.1) is 26.3 Å².